The zero-order valence-corrected chi connectivity index (χ0v) is 9.59. The van der Waals surface area contributed by atoms with Crippen molar-refractivity contribution < 1.29 is 4.79 Å². The fourth-order valence-electron chi connectivity index (χ4n) is 1.40. The first-order valence-electron chi connectivity index (χ1n) is 5.74. The topological polar surface area (TPSA) is 46.3 Å². The maximum absolute atomic E-state index is 11.7. The average molecular weight is 200 g/mol. The molecular weight excluding hydrogens is 176 g/mol. The first kappa shape index (κ1) is 13.4. The molecule has 0 aromatic rings. The third-order valence-corrected chi connectivity index (χ3v) is 2.22. The minimum Gasteiger partial charge on any atom is -0.343 e. The normalized spacial score (nSPS) is 10.2. The molecule has 0 aromatic heterocycles. The summed E-state index contributed by atoms with van der Waals surface area (Å²) in [7, 11) is 0. The molecule has 0 fully saturated rings. The second-order valence-corrected chi connectivity index (χ2v) is 3.63. The van der Waals surface area contributed by atoms with Crippen LogP contribution in [0.5, 0.6) is 0 Å². The second kappa shape index (κ2) is 9.00. The van der Waals surface area contributed by atoms with E-state index in [0.29, 0.717) is 18.9 Å². The van der Waals surface area contributed by atoms with Gasteiger partial charge in [-0.05, 0) is 25.8 Å². The Kier molecular flexibility index (Phi) is 8.64. The van der Waals surface area contributed by atoms with E-state index in [2.05, 4.69) is 13.8 Å². The van der Waals surface area contributed by atoms with Crippen LogP contribution in [0.1, 0.15) is 46.0 Å². The minimum absolute atomic E-state index is 0.294. The van der Waals surface area contributed by atoms with Crippen molar-refractivity contribution in [1.29, 1.82) is 0 Å². The lowest BCUT2D eigenvalue weighted by atomic mass is 10.2. The van der Waals surface area contributed by atoms with E-state index in [1.54, 1.807) is 0 Å². The van der Waals surface area contributed by atoms with Gasteiger partial charge in [0.15, 0.2) is 0 Å². The average Bonchev–Trinajstić information content (AvgIpc) is 2.20. The van der Waals surface area contributed by atoms with Crippen molar-refractivity contribution in [1.82, 2.24) is 4.90 Å². The largest absolute Gasteiger partial charge is 0.343 e. The zero-order chi connectivity index (χ0) is 10.8. The van der Waals surface area contributed by atoms with Crippen molar-refractivity contribution in [3.8, 4) is 0 Å². The van der Waals surface area contributed by atoms with Gasteiger partial charge in [0.1, 0.15) is 0 Å². The van der Waals surface area contributed by atoms with E-state index in [0.717, 1.165) is 38.8 Å². The van der Waals surface area contributed by atoms with Crippen LogP contribution >= 0.6 is 0 Å². The summed E-state index contributed by atoms with van der Waals surface area (Å²) in [6.07, 6.45) is 4.73. The second-order valence-electron chi connectivity index (χ2n) is 3.63. The standard InChI is InChI=1S/C11H24N2O/c1-3-5-7-11(14)13(9-4-2)10-6-8-12/h3-10,12H2,1-2H3. The maximum atomic E-state index is 11.7. The van der Waals surface area contributed by atoms with Crippen LogP contribution in [0.25, 0.3) is 0 Å². The van der Waals surface area contributed by atoms with Crippen LogP contribution in [-0.4, -0.2) is 30.4 Å². The summed E-state index contributed by atoms with van der Waals surface area (Å²) < 4.78 is 0. The molecule has 3 nitrogen and oxygen atoms in total. The summed E-state index contributed by atoms with van der Waals surface area (Å²) >= 11 is 0. The molecular formula is C11H24N2O. The van der Waals surface area contributed by atoms with Gasteiger partial charge in [0.05, 0.1) is 0 Å². The van der Waals surface area contributed by atoms with Gasteiger partial charge in [-0.1, -0.05) is 20.3 Å². The van der Waals surface area contributed by atoms with Crippen LogP contribution in [0.2, 0.25) is 0 Å². The number of amides is 1. The highest BCUT2D eigenvalue weighted by molar-refractivity contribution is 5.76. The predicted octanol–water partition coefficient (Wildman–Crippen LogP) is 1.76. The van der Waals surface area contributed by atoms with Gasteiger partial charge in [0.25, 0.3) is 0 Å². The zero-order valence-electron chi connectivity index (χ0n) is 9.59. The number of rotatable bonds is 8. The Balaban J connectivity index is 3.84. The van der Waals surface area contributed by atoms with Crippen molar-refractivity contribution in [3.05, 3.63) is 0 Å². The molecule has 0 aliphatic rings. The van der Waals surface area contributed by atoms with Gasteiger partial charge >= 0.3 is 0 Å². The van der Waals surface area contributed by atoms with Crippen LogP contribution in [0.4, 0.5) is 0 Å². The smallest absolute Gasteiger partial charge is 0.222 e. The lowest BCUT2D eigenvalue weighted by molar-refractivity contribution is -0.131. The van der Waals surface area contributed by atoms with Crippen LogP contribution in [-0.2, 0) is 4.79 Å². The monoisotopic (exact) mass is 200 g/mol. The minimum atomic E-state index is 0.294. The van der Waals surface area contributed by atoms with E-state index < -0.39 is 0 Å². The summed E-state index contributed by atoms with van der Waals surface area (Å²) in [4.78, 5) is 13.6. The lowest BCUT2D eigenvalue weighted by Gasteiger charge is -2.21. The van der Waals surface area contributed by atoms with Crippen molar-refractivity contribution >= 4 is 5.91 Å². The van der Waals surface area contributed by atoms with Gasteiger partial charge in [-0.3, -0.25) is 4.79 Å². The third kappa shape index (κ3) is 5.97. The molecule has 0 bridgehead atoms. The molecule has 0 aliphatic carbocycles. The molecule has 14 heavy (non-hydrogen) atoms. The molecule has 0 saturated heterocycles. The van der Waals surface area contributed by atoms with E-state index in [9.17, 15) is 4.79 Å². The SMILES string of the molecule is CCCCC(=O)N(CCC)CCCN. The van der Waals surface area contributed by atoms with E-state index >= 15 is 0 Å². The van der Waals surface area contributed by atoms with Gasteiger partial charge in [-0.2, -0.15) is 0 Å². The summed E-state index contributed by atoms with van der Waals surface area (Å²) in [6.45, 7) is 6.58. The number of nitrogens with two attached hydrogens (primary N) is 1. The highest BCUT2D eigenvalue weighted by Crippen LogP contribution is 2.02. The first-order valence-corrected chi connectivity index (χ1v) is 5.74. The van der Waals surface area contributed by atoms with Crippen molar-refractivity contribution in [2.45, 2.75) is 46.0 Å². The molecule has 0 aliphatic heterocycles. The molecule has 0 spiro atoms. The van der Waals surface area contributed by atoms with Crippen molar-refractivity contribution in [2.75, 3.05) is 19.6 Å². The molecule has 0 rings (SSSR count). The molecule has 1 amide bonds. The molecule has 0 saturated carbocycles. The number of hydrogen-bond acceptors (Lipinski definition) is 2. The molecule has 84 valence electrons. The maximum Gasteiger partial charge on any atom is 0.222 e. The Labute approximate surface area is 87.6 Å². The van der Waals surface area contributed by atoms with Crippen LogP contribution in [0, 0.1) is 0 Å². The summed E-state index contributed by atoms with van der Waals surface area (Å²) in [5.41, 5.74) is 5.44. The molecule has 3 heteroatoms. The van der Waals surface area contributed by atoms with Gasteiger partial charge in [-0.15, -0.1) is 0 Å². The number of nitrogens with zero attached hydrogens (tertiary/aromatic N) is 1. The fraction of sp³-hybridized carbons (Fsp3) is 0.909. The number of carbonyl (C=O) groups excluding carboxylic acids is 1. The highest BCUT2D eigenvalue weighted by Gasteiger charge is 2.10. The summed E-state index contributed by atoms with van der Waals surface area (Å²) in [6, 6.07) is 0. The number of carbonyl (C=O) groups is 1. The summed E-state index contributed by atoms with van der Waals surface area (Å²) in [5.74, 6) is 0.294. The van der Waals surface area contributed by atoms with E-state index in [4.69, 9.17) is 5.73 Å². The Morgan fingerprint density at radius 2 is 1.86 bits per heavy atom. The molecule has 0 heterocycles. The molecule has 0 atom stereocenters. The van der Waals surface area contributed by atoms with E-state index in [1.165, 1.54) is 0 Å². The number of hydrogen-bond donors (Lipinski definition) is 1. The number of unbranched alkanes of at least 4 members (excludes halogenated alkanes) is 1. The Bertz CT molecular complexity index is 148. The van der Waals surface area contributed by atoms with E-state index in [-0.39, 0.29) is 0 Å². The van der Waals surface area contributed by atoms with Gasteiger partial charge < -0.3 is 10.6 Å². The quantitative estimate of drug-likeness (QED) is 0.649. The predicted molar refractivity (Wildman–Crippen MR) is 60.1 cm³/mol. The first-order chi connectivity index (χ1) is 6.76. The van der Waals surface area contributed by atoms with Crippen LogP contribution in [0.3, 0.4) is 0 Å². The van der Waals surface area contributed by atoms with Crippen LogP contribution in [0.15, 0.2) is 0 Å². The summed E-state index contributed by atoms with van der Waals surface area (Å²) in [5, 5.41) is 0. The molecule has 0 aromatic carbocycles. The molecule has 0 radical (unpaired) electrons. The van der Waals surface area contributed by atoms with E-state index in [1.807, 2.05) is 4.90 Å². The highest BCUT2D eigenvalue weighted by atomic mass is 16.2. The Morgan fingerprint density at radius 1 is 1.14 bits per heavy atom. The Morgan fingerprint density at radius 3 is 2.36 bits per heavy atom. The van der Waals surface area contributed by atoms with Gasteiger partial charge in [0, 0.05) is 19.5 Å². The fourth-order valence-corrected chi connectivity index (χ4v) is 1.40. The van der Waals surface area contributed by atoms with Crippen molar-refractivity contribution in [3.63, 3.8) is 0 Å². The van der Waals surface area contributed by atoms with Gasteiger partial charge in [-0.25, -0.2) is 0 Å². The third-order valence-electron chi connectivity index (χ3n) is 2.22. The molecule has 0 unspecified atom stereocenters. The Hall–Kier alpha value is -0.570. The van der Waals surface area contributed by atoms with Crippen LogP contribution < -0.4 is 5.73 Å². The van der Waals surface area contributed by atoms with Gasteiger partial charge in [0.2, 0.25) is 5.91 Å². The van der Waals surface area contributed by atoms with Crippen molar-refractivity contribution in [2.24, 2.45) is 5.73 Å². The lowest BCUT2D eigenvalue weighted by Crippen LogP contribution is -2.33. The molecule has 2 N–H and O–H groups in total.